The number of hydrogen-bond donors (Lipinski definition) is 0. The van der Waals surface area contributed by atoms with Crippen molar-refractivity contribution in [3.05, 3.63) is 53.3 Å². The number of benzene rings is 1. The highest BCUT2D eigenvalue weighted by atomic mass is 16.5. The van der Waals surface area contributed by atoms with Crippen molar-refractivity contribution < 1.29 is 14.3 Å². The summed E-state index contributed by atoms with van der Waals surface area (Å²) >= 11 is 0. The molecule has 0 aliphatic carbocycles. The summed E-state index contributed by atoms with van der Waals surface area (Å²) in [5.74, 6) is 1.68. The lowest BCUT2D eigenvalue weighted by molar-refractivity contribution is -0.133. The number of aromatic nitrogens is 1. The smallest absolute Gasteiger partial charge is 0.237 e. The van der Waals surface area contributed by atoms with Crippen LogP contribution in [0.4, 0.5) is 0 Å². The van der Waals surface area contributed by atoms with Gasteiger partial charge >= 0.3 is 0 Å². The molecule has 1 saturated heterocycles. The molecule has 0 N–H and O–H groups in total. The van der Waals surface area contributed by atoms with Crippen LogP contribution in [-0.4, -0.2) is 79.1 Å². The Morgan fingerprint density at radius 1 is 0.933 bits per heavy atom. The molecule has 3 heterocycles. The summed E-state index contributed by atoms with van der Waals surface area (Å²) in [6.07, 6.45) is 4.53. The summed E-state index contributed by atoms with van der Waals surface area (Å²) in [5.41, 5.74) is 3.67. The molecule has 4 rings (SSSR count). The largest absolute Gasteiger partial charge is 0.493 e. The first-order valence-corrected chi connectivity index (χ1v) is 10.5. The Kier molecular flexibility index (Phi) is 6.50. The molecule has 1 amide bonds. The van der Waals surface area contributed by atoms with Crippen LogP contribution < -0.4 is 9.47 Å². The Hall–Kier alpha value is -2.64. The standard InChI is InChI=1S/C23H30N4O3/c1-29-21-13-19-5-8-27(16-20(19)14-22(21)30-2)23(28)17-26-11-9-25(10-12-26)15-18-3-6-24-7-4-18/h3-4,6-7,13-14H,5,8-12,15-17H2,1-2H3. The van der Waals surface area contributed by atoms with Crippen molar-refractivity contribution in [3.63, 3.8) is 0 Å². The number of piperazine rings is 1. The van der Waals surface area contributed by atoms with Crippen molar-refractivity contribution in [1.29, 1.82) is 0 Å². The predicted octanol–water partition coefficient (Wildman–Crippen LogP) is 1.80. The molecular formula is C23H30N4O3. The van der Waals surface area contributed by atoms with E-state index in [2.05, 4.69) is 26.9 Å². The minimum atomic E-state index is 0.206. The van der Waals surface area contributed by atoms with Crippen molar-refractivity contribution in [1.82, 2.24) is 19.7 Å². The average molecular weight is 411 g/mol. The predicted molar refractivity (Wildman–Crippen MR) is 115 cm³/mol. The van der Waals surface area contributed by atoms with Gasteiger partial charge in [0.2, 0.25) is 5.91 Å². The summed E-state index contributed by atoms with van der Waals surface area (Å²) < 4.78 is 10.8. The van der Waals surface area contributed by atoms with E-state index in [-0.39, 0.29) is 5.91 Å². The molecule has 1 fully saturated rings. The van der Waals surface area contributed by atoms with Gasteiger partial charge in [-0.05, 0) is 47.4 Å². The molecule has 7 nitrogen and oxygen atoms in total. The van der Waals surface area contributed by atoms with E-state index < -0.39 is 0 Å². The van der Waals surface area contributed by atoms with Gasteiger partial charge in [0.1, 0.15) is 0 Å². The van der Waals surface area contributed by atoms with Gasteiger partial charge in [0, 0.05) is 58.2 Å². The molecule has 1 aromatic heterocycles. The van der Waals surface area contributed by atoms with E-state index in [0.717, 1.165) is 62.8 Å². The lowest BCUT2D eigenvalue weighted by Gasteiger charge is -2.36. The molecule has 0 saturated carbocycles. The monoisotopic (exact) mass is 410 g/mol. The van der Waals surface area contributed by atoms with Crippen LogP contribution in [0.2, 0.25) is 0 Å². The highest BCUT2D eigenvalue weighted by molar-refractivity contribution is 5.78. The first-order valence-electron chi connectivity index (χ1n) is 10.5. The van der Waals surface area contributed by atoms with Gasteiger partial charge < -0.3 is 14.4 Å². The van der Waals surface area contributed by atoms with E-state index >= 15 is 0 Å². The zero-order valence-corrected chi connectivity index (χ0v) is 17.8. The highest BCUT2D eigenvalue weighted by Crippen LogP contribution is 2.33. The van der Waals surface area contributed by atoms with Gasteiger partial charge in [-0.25, -0.2) is 0 Å². The quantitative estimate of drug-likeness (QED) is 0.724. The zero-order chi connectivity index (χ0) is 20.9. The SMILES string of the molecule is COc1cc2c(cc1OC)CN(C(=O)CN1CCN(Cc3ccncc3)CC1)CC2. The molecule has 0 radical (unpaired) electrons. The fraction of sp³-hybridized carbons (Fsp3) is 0.478. The maximum Gasteiger partial charge on any atom is 0.237 e. The van der Waals surface area contributed by atoms with Gasteiger partial charge in [0.05, 0.1) is 20.8 Å². The van der Waals surface area contributed by atoms with Crippen LogP contribution in [0.3, 0.4) is 0 Å². The first-order chi connectivity index (χ1) is 14.7. The van der Waals surface area contributed by atoms with E-state index in [1.807, 2.05) is 29.4 Å². The van der Waals surface area contributed by atoms with Gasteiger partial charge in [-0.3, -0.25) is 19.6 Å². The molecule has 2 aliphatic heterocycles. The Labute approximate surface area is 178 Å². The number of ether oxygens (including phenoxy) is 2. The second-order valence-electron chi connectivity index (χ2n) is 7.95. The second-order valence-corrected chi connectivity index (χ2v) is 7.95. The molecular weight excluding hydrogens is 380 g/mol. The molecule has 7 heteroatoms. The third-order valence-electron chi connectivity index (χ3n) is 6.05. The second kappa shape index (κ2) is 9.45. The Bertz CT molecular complexity index is 866. The normalized spacial score (nSPS) is 17.5. The number of carbonyl (C=O) groups excluding carboxylic acids is 1. The number of hydrogen-bond acceptors (Lipinski definition) is 6. The van der Waals surface area contributed by atoms with Crippen LogP contribution in [-0.2, 0) is 24.3 Å². The molecule has 30 heavy (non-hydrogen) atoms. The van der Waals surface area contributed by atoms with Gasteiger partial charge in [-0.1, -0.05) is 0 Å². The fourth-order valence-electron chi connectivity index (χ4n) is 4.24. The highest BCUT2D eigenvalue weighted by Gasteiger charge is 2.25. The van der Waals surface area contributed by atoms with Gasteiger partial charge in [-0.2, -0.15) is 0 Å². The van der Waals surface area contributed by atoms with E-state index in [1.54, 1.807) is 14.2 Å². The molecule has 0 bridgehead atoms. The number of methoxy groups -OCH3 is 2. The van der Waals surface area contributed by atoms with Crippen LogP contribution in [0.5, 0.6) is 11.5 Å². The molecule has 2 aliphatic rings. The van der Waals surface area contributed by atoms with Crippen LogP contribution in [0, 0.1) is 0 Å². The summed E-state index contributed by atoms with van der Waals surface area (Å²) in [5, 5.41) is 0. The van der Waals surface area contributed by atoms with Crippen LogP contribution in [0.25, 0.3) is 0 Å². The summed E-state index contributed by atoms with van der Waals surface area (Å²) in [7, 11) is 3.30. The summed E-state index contributed by atoms with van der Waals surface area (Å²) in [4.78, 5) is 23.7. The Balaban J connectivity index is 1.29. The maximum atomic E-state index is 12.9. The van der Waals surface area contributed by atoms with E-state index in [9.17, 15) is 4.79 Å². The Morgan fingerprint density at radius 2 is 1.57 bits per heavy atom. The number of carbonyl (C=O) groups is 1. The molecule has 0 atom stereocenters. The maximum absolute atomic E-state index is 12.9. The molecule has 0 spiro atoms. The molecule has 2 aromatic rings. The fourth-order valence-corrected chi connectivity index (χ4v) is 4.24. The first kappa shape index (κ1) is 20.6. The van der Waals surface area contributed by atoms with E-state index in [1.165, 1.54) is 11.1 Å². The summed E-state index contributed by atoms with van der Waals surface area (Å²) in [6.45, 7) is 6.63. The lowest BCUT2D eigenvalue weighted by Crippen LogP contribution is -2.50. The molecule has 1 aromatic carbocycles. The third-order valence-corrected chi connectivity index (χ3v) is 6.05. The summed E-state index contributed by atoms with van der Waals surface area (Å²) in [6, 6.07) is 8.17. The minimum Gasteiger partial charge on any atom is -0.493 e. The lowest BCUT2D eigenvalue weighted by atomic mass is 9.98. The van der Waals surface area contributed by atoms with Crippen molar-refractivity contribution in [2.24, 2.45) is 0 Å². The number of nitrogens with zero attached hydrogens (tertiary/aromatic N) is 4. The minimum absolute atomic E-state index is 0.206. The van der Waals surface area contributed by atoms with Crippen LogP contribution >= 0.6 is 0 Å². The molecule has 0 unspecified atom stereocenters. The number of fused-ring (bicyclic) bond motifs is 1. The van der Waals surface area contributed by atoms with Crippen molar-refractivity contribution >= 4 is 5.91 Å². The topological polar surface area (TPSA) is 58.1 Å². The third kappa shape index (κ3) is 4.74. The number of pyridine rings is 1. The van der Waals surface area contributed by atoms with Gasteiger partial charge in [0.15, 0.2) is 11.5 Å². The van der Waals surface area contributed by atoms with Gasteiger partial charge in [-0.15, -0.1) is 0 Å². The number of rotatable bonds is 6. The van der Waals surface area contributed by atoms with E-state index in [4.69, 9.17) is 9.47 Å². The van der Waals surface area contributed by atoms with Crippen LogP contribution in [0.15, 0.2) is 36.7 Å². The Morgan fingerprint density at radius 3 is 2.23 bits per heavy atom. The zero-order valence-electron chi connectivity index (χ0n) is 17.8. The van der Waals surface area contributed by atoms with Crippen molar-refractivity contribution in [2.75, 3.05) is 53.5 Å². The van der Waals surface area contributed by atoms with Crippen molar-refractivity contribution in [3.8, 4) is 11.5 Å². The van der Waals surface area contributed by atoms with Crippen molar-refractivity contribution in [2.45, 2.75) is 19.5 Å². The molecule has 160 valence electrons. The average Bonchev–Trinajstić information content (AvgIpc) is 2.79. The van der Waals surface area contributed by atoms with E-state index in [0.29, 0.717) is 13.1 Å². The number of amides is 1. The van der Waals surface area contributed by atoms with Gasteiger partial charge in [0.25, 0.3) is 0 Å². The van der Waals surface area contributed by atoms with Crippen LogP contribution in [0.1, 0.15) is 16.7 Å².